The first-order chi connectivity index (χ1) is 18.3. The molecule has 206 valence electrons. The van der Waals surface area contributed by atoms with E-state index in [2.05, 4.69) is 10.4 Å². The minimum Gasteiger partial charge on any atom is -0.353 e. The number of aryl methyl sites for hydroxylation is 1. The number of hydrogen-bond acceptors (Lipinski definition) is 5. The van der Waals surface area contributed by atoms with Gasteiger partial charge in [0.05, 0.1) is 11.4 Å². The largest absolute Gasteiger partial charge is 0.353 e. The van der Waals surface area contributed by atoms with Crippen molar-refractivity contribution in [2.45, 2.75) is 89.1 Å². The topological polar surface area (TPSA) is 105 Å². The number of anilines is 1. The highest BCUT2D eigenvalue weighted by atomic mass is 32.2. The Morgan fingerprint density at radius 1 is 0.974 bits per heavy atom. The van der Waals surface area contributed by atoms with Gasteiger partial charge >= 0.3 is 0 Å². The molecule has 10 heteroatoms. The number of carbonyl (C=O) groups excluding carboxylic acids is 2. The number of nitrogens with zero attached hydrogens (tertiary/aromatic N) is 4. The molecule has 0 atom stereocenters. The monoisotopic (exact) mass is 541 g/mol. The predicted octanol–water partition coefficient (Wildman–Crippen LogP) is 3.33. The third-order valence-corrected chi connectivity index (χ3v) is 10.6. The first kappa shape index (κ1) is 26.9. The molecule has 2 aliphatic heterocycles. The summed E-state index contributed by atoms with van der Waals surface area (Å²) in [4.78, 5) is 27.9. The summed E-state index contributed by atoms with van der Waals surface area (Å²) in [6, 6.07) is 8.11. The molecule has 5 rings (SSSR count). The second-order valence-corrected chi connectivity index (χ2v) is 12.8. The van der Waals surface area contributed by atoms with Crippen LogP contribution in [-0.2, 0) is 32.6 Å². The van der Waals surface area contributed by atoms with Crippen molar-refractivity contribution in [1.29, 1.82) is 0 Å². The lowest BCUT2D eigenvalue weighted by Crippen LogP contribution is -2.45. The molecule has 2 fully saturated rings. The molecule has 0 bridgehead atoms. The van der Waals surface area contributed by atoms with E-state index in [1.807, 2.05) is 24.3 Å². The molecule has 1 saturated carbocycles. The Kier molecular flexibility index (Phi) is 7.90. The van der Waals surface area contributed by atoms with Crippen LogP contribution >= 0.6 is 0 Å². The number of carbonyl (C=O) groups is 2. The third kappa shape index (κ3) is 5.38. The Hall–Kier alpha value is -2.72. The van der Waals surface area contributed by atoms with Gasteiger partial charge in [0.1, 0.15) is 11.4 Å². The third-order valence-electron chi connectivity index (χ3n) is 8.41. The number of piperidine rings is 1. The van der Waals surface area contributed by atoms with Gasteiger partial charge in [0, 0.05) is 37.3 Å². The molecule has 2 amide bonds. The highest BCUT2D eigenvalue weighted by Crippen LogP contribution is 2.30. The van der Waals surface area contributed by atoms with E-state index in [4.69, 9.17) is 0 Å². The first-order valence-corrected chi connectivity index (χ1v) is 15.4. The van der Waals surface area contributed by atoms with Crippen molar-refractivity contribution in [3.05, 3.63) is 41.2 Å². The van der Waals surface area contributed by atoms with Gasteiger partial charge in [-0.3, -0.25) is 14.3 Å². The lowest BCUT2D eigenvalue weighted by molar-refractivity contribution is -0.127. The predicted molar refractivity (Wildman–Crippen MR) is 145 cm³/mol. The van der Waals surface area contributed by atoms with Crippen LogP contribution in [0.2, 0.25) is 0 Å². The molecule has 9 nitrogen and oxygen atoms in total. The van der Waals surface area contributed by atoms with Crippen molar-refractivity contribution in [1.82, 2.24) is 19.4 Å². The second kappa shape index (κ2) is 11.2. The summed E-state index contributed by atoms with van der Waals surface area (Å²) in [5.74, 6) is -0.197. The van der Waals surface area contributed by atoms with Crippen LogP contribution in [0.4, 0.5) is 5.69 Å². The Labute approximate surface area is 225 Å². The molecule has 2 aromatic rings. The Bertz CT molecular complexity index is 1290. The van der Waals surface area contributed by atoms with Crippen LogP contribution in [-0.4, -0.2) is 60.0 Å². The summed E-state index contributed by atoms with van der Waals surface area (Å²) in [7, 11) is -3.79. The van der Waals surface area contributed by atoms with Gasteiger partial charge in [-0.15, -0.1) is 0 Å². The van der Waals surface area contributed by atoms with Gasteiger partial charge in [0.25, 0.3) is 0 Å². The van der Waals surface area contributed by atoms with E-state index in [1.165, 1.54) is 21.8 Å². The molecule has 1 saturated heterocycles. The van der Waals surface area contributed by atoms with E-state index in [-0.39, 0.29) is 35.2 Å². The molecule has 3 heterocycles. The molecule has 1 N–H and O–H groups in total. The number of hydrogen-bond donors (Lipinski definition) is 1. The maximum atomic E-state index is 13.7. The second-order valence-electron chi connectivity index (χ2n) is 11.0. The van der Waals surface area contributed by atoms with E-state index < -0.39 is 10.0 Å². The molecule has 38 heavy (non-hydrogen) atoms. The molecule has 0 radical (unpaired) electrons. The number of amides is 2. The van der Waals surface area contributed by atoms with Crippen molar-refractivity contribution in [2.75, 3.05) is 24.5 Å². The zero-order valence-electron chi connectivity index (χ0n) is 22.5. The molecule has 1 aromatic heterocycles. The number of benzene rings is 1. The smallest absolute Gasteiger partial charge is 0.248 e. The zero-order valence-corrected chi connectivity index (χ0v) is 23.3. The van der Waals surface area contributed by atoms with Crippen LogP contribution in [0.1, 0.15) is 68.3 Å². The number of fused-ring (bicyclic) bond motifs is 1. The maximum Gasteiger partial charge on any atom is 0.248 e. The van der Waals surface area contributed by atoms with Crippen LogP contribution in [0.15, 0.2) is 29.2 Å². The summed E-state index contributed by atoms with van der Waals surface area (Å²) in [5.41, 5.74) is 2.92. The van der Waals surface area contributed by atoms with E-state index >= 15 is 0 Å². The van der Waals surface area contributed by atoms with E-state index in [9.17, 15) is 18.0 Å². The molecular formula is C28H39N5O4S. The van der Waals surface area contributed by atoms with Crippen molar-refractivity contribution in [2.24, 2.45) is 5.92 Å². The average Bonchev–Trinajstić information content (AvgIpc) is 3.34. The fourth-order valence-corrected chi connectivity index (χ4v) is 8.09. The number of sulfonamides is 1. The van der Waals surface area contributed by atoms with Crippen molar-refractivity contribution < 1.29 is 18.0 Å². The van der Waals surface area contributed by atoms with Gasteiger partial charge in [0.15, 0.2) is 0 Å². The zero-order chi connectivity index (χ0) is 26.9. The van der Waals surface area contributed by atoms with Crippen LogP contribution in [0, 0.1) is 19.8 Å². The lowest BCUT2D eigenvalue weighted by Gasteiger charge is -2.31. The van der Waals surface area contributed by atoms with Crippen molar-refractivity contribution in [3.63, 3.8) is 0 Å². The number of para-hydroxylation sites is 1. The summed E-state index contributed by atoms with van der Waals surface area (Å²) in [6.07, 6.45) is 8.69. The van der Waals surface area contributed by atoms with E-state index in [0.29, 0.717) is 43.9 Å². The summed E-state index contributed by atoms with van der Waals surface area (Å²) >= 11 is 0. The van der Waals surface area contributed by atoms with Crippen molar-refractivity contribution >= 4 is 27.5 Å². The highest BCUT2D eigenvalue weighted by Gasteiger charge is 2.36. The van der Waals surface area contributed by atoms with Gasteiger partial charge in [-0.1, -0.05) is 43.9 Å². The van der Waals surface area contributed by atoms with Crippen LogP contribution in [0.5, 0.6) is 0 Å². The molecule has 0 spiro atoms. The summed E-state index contributed by atoms with van der Waals surface area (Å²) < 4.78 is 30.3. The number of nitrogens with one attached hydrogen (secondary N) is 1. The minimum atomic E-state index is -3.79. The average molecular weight is 542 g/mol. The number of aromatic nitrogens is 2. The fourth-order valence-electron chi connectivity index (χ4n) is 6.25. The van der Waals surface area contributed by atoms with Gasteiger partial charge in [-0.2, -0.15) is 9.40 Å². The van der Waals surface area contributed by atoms with E-state index in [1.54, 1.807) is 18.7 Å². The molecule has 1 aliphatic carbocycles. The minimum absolute atomic E-state index is 0.0139. The summed E-state index contributed by atoms with van der Waals surface area (Å²) in [5, 5.41) is 7.68. The molecule has 1 aromatic carbocycles. The van der Waals surface area contributed by atoms with Gasteiger partial charge in [-0.25, -0.2) is 8.42 Å². The Morgan fingerprint density at radius 2 is 1.66 bits per heavy atom. The maximum absolute atomic E-state index is 13.7. The fraction of sp³-hybridized carbons (Fsp3) is 0.607. The van der Waals surface area contributed by atoms with Crippen molar-refractivity contribution in [3.8, 4) is 0 Å². The van der Waals surface area contributed by atoms with Gasteiger partial charge < -0.3 is 10.2 Å². The first-order valence-electron chi connectivity index (χ1n) is 14.0. The van der Waals surface area contributed by atoms with Crippen LogP contribution < -0.4 is 10.2 Å². The molecule has 3 aliphatic rings. The van der Waals surface area contributed by atoms with E-state index in [0.717, 1.165) is 43.4 Å². The molecular weight excluding hydrogens is 502 g/mol. The van der Waals surface area contributed by atoms with Gasteiger partial charge in [0.2, 0.25) is 21.8 Å². The standard InChI is InChI=1S/C28H39N5O4S/c1-20-27(21(2)33(30-20)19-26(34)32-18-15-22-9-7-8-12-25(22)32)38(36,37)31-16-13-23(14-17-31)28(35)29-24-10-5-3-4-6-11-24/h7-9,12,23-24H,3-6,10-11,13-19H2,1-2H3,(H,29,35). The Morgan fingerprint density at radius 3 is 2.37 bits per heavy atom. The highest BCUT2D eigenvalue weighted by molar-refractivity contribution is 7.89. The normalized spacial score (nSPS) is 19.8. The lowest BCUT2D eigenvalue weighted by atomic mass is 9.96. The number of rotatable bonds is 6. The molecule has 0 unspecified atom stereocenters. The Balaban J connectivity index is 1.23. The van der Waals surface area contributed by atoms with Gasteiger partial charge in [-0.05, 0) is 57.6 Å². The SMILES string of the molecule is Cc1nn(CC(=O)N2CCc3ccccc32)c(C)c1S(=O)(=O)N1CCC(C(=O)NC2CCCCCC2)CC1. The quantitative estimate of drug-likeness (QED) is 0.565. The van der Waals surface area contributed by atoms with Crippen LogP contribution in [0.3, 0.4) is 0 Å². The summed E-state index contributed by atoms with van der Waals surface area (Å²) in [6.45, 7) is 4.60. The van der Waals surface area contributed by atoms with Crippen LogP contribution in [0.25, 0.3) is 0 Å².